The summed E-state index contributed by atoms with van der Waals surface area (Å²) < 4.78 is 25.8. The van der Waals surface area contributed by atoms with Crippen molar-refractivity contribution in [2.45, 2.75) is 11.1 Å². The second kappa shape index (κ2) is 3.83. The number of alkyl halides is 1. The normalized spacial score (nSPS) is 22.9. The lowest BCUT2D eigenvalue weighted by molar-refractivity contribution is 0.566. The molecule has 1 aliphatic rings. The molecule has 4 nitrogen and oxygen atoms in total. The molecule has 0 unspecified atom stereocenters. The Morgan fingerprint density at radius 3 is 2.80 bits per heavy atom. The number of benzene rings is 1. The fraction of sp³-hybridized carbons (Fsp3) is 0.250. The molecule has 0 aromatic heterocycles. The van der Waals surface area contributed by atoms with Gasteiger partial charge in [0.15, 0.2) is 0 Å². The van der Waals surface area contributed by atoms with Crippen LogP contribution in [0.15, 0.2) is 23.1 Å². The number of hydrogen-bond donors (Lipinski definition) is 2. The second-order valence-electron chi connectivity index (χ2n) is 3.11. The van der Waals surface area contributed by atoms with Crippen molar-refractivity contribution in [3.8, 4) is 0 Å². The van der Waals surface area contributed by atoms with Gasteiger partial charge in [0.1, 0.15) is 11.1 Å². The Labute approximate surface area is 97.6 Å². The highest BCUT2D eigenvalue weighted by atomic mass is 35.5. The van der Waals surface area contributed by atoms with E-state index in [1.807, 2.05) is 0 Å². The zero-order valence-electron chi connectivity index (χ0n) is 7.50. The molecule has 0 amide bonds. The monoisotopic (exact) mass is 266 g/mol. The van der Waals surface area contributed by atoms with Gasteiger partial charge >= 0.3 is 0 Å². The minimum atomic E-state index is -3.48. The molecule has 82 valence electrons. The van der Waals surface area contributed by atoms with Crippen molar-refractivity contribution in [2.75, 3.05) is 11.2 Å². The molecule has 7 heteroatoms. The van der Waals surface area contributed by atoms with Crippen LogP contribution in [0.1, 0.15) is 0 Å². The van der Waals surface area contributed by atoms with E-state index in [1.54, 1.807) is 6.07 Å². The van der Waals surface area contributed by atoms with Crippen LogP contribution in [0.2, 0.25) is 5.02 Å². The van der Waals surface area contributed by atoms with Crippen LogP contribution >= 0.6 is 23.2 Å². The van der Waals surface area contributed by atoms with Gasteiger partial charge in [0, 0.05) is 5.02 Å². The lowest BCUT2D eigenvalue weighted by Gasteiger charge is -2.26. The highest BCUT2D eigenvalue weighted by Crippen LogP contribution is 2.28. The molecule has 1 atom stereocenters. The van der Waals surface area contributed by atoms with Crippen LogP contribution in [0.25, 0.3) is 0 Å². The summed E-state index contributed by atoms with van der Waals surface area (Å²) in [4.78, 5) is 0.188. The molecule has 0 radical (unpaired) electrons. The van der Waals surface area contributed by atoms with Gasteiger partial charge in [0.2, 0.25) is 10.0 Å². The number of anilines is 1. The van der Waals surface area contributed by atoms with Gasteiger partial charge in [-0.3, -0.25) is 0 Å². The third-order valence-corrected chi connectivity index (χ3v) is 4.09. The summed E-state index contributed by atoms with van der Waals surface area (Å²) in [5.74, 6) is 0.144. The lowest BCUT2D eigenvalue weighted by atomic mass is 10.3. The van der Waals surface area contributed by atoms with E-state index in [0.717, 1.165) is 0 Å². The van der Waals surface area contributed by atoms with Crippen molar-refractivity contribution in [1.29, 1.82) is 0 Å². The molecule has 1 heterocycles. The number of fused-ring (bicyclic) bond motifs is 1. The summed E-state index contributed by atoms with van der Waals surface area (Å²) in [6.45, 7) is 0. The van der Waals surface area contributed by atoms with Gasteiger partial charge in [-0.25, -0.2) is 8.42 Å². The fourth-order valence-corrected chi connectivity index (χ4v) is 3.10. The summed E-state index contributed by atoms with van der Waals surface area (Å²) in [6, 6.07) is 4.55. The fourth-order valence-electron chi connectivity index (χ4n) is 1.39. The van der Waals surface area contributed by atoms with Gasteiger partial charge in [-0.2, -0.15) is 4.72 Å². The van der Waals surface area contributed by atoms with Crippen molar-refractivity contribution in [3.05, 3.63) is 23.2 Å². The Morgan fingerprint density at radius 1 is 1.40 bits per heavy atom. The molecule has 0 fully saturated rings. The van der Waals surface area contributed by atoms with Gasteiger partial charge in [-0.1, -0.05) is 11.6 Å². The van der Waals surface area contributed by atoms with Crippen LogP contribution < -0.4 is 10.0 Å². The van der Waals surface area contributed by atoms with E-state index in [0.29, 0.717) is 10.7 Å². The average molecular weight is 267 g/mol. The van der Waals surface area contributed by atoms with Gasteiger partial charge in [-0.15, -0.1) is 11.6 Å². The van der Waals surface area contributed by atoms with Gasteiger partial charge in [0.25, 0.3) is 0 Å². The van der Waals surface area contributed by atoms with Crippen molar-refractivity contribution in [2.24, 2.45) is 0 Å². The molecule has 0 aliphatic carbocycles. The molecule has 0 saturated heterocycles. The number of rotatable bonds is 1. The Balaban J connectivity index is 2.55. The predicted molar refractivity (Wildman–Crippen MR) is 59.9 cm³/mol. The van der Waals surface area contributed by atoms with Gasteiger partial charge < -0.3 is 5.32 Å². The van der Waals surface area contributed by atoms with Crippen LogP contribution in [0.3, 0.4) is 0 Å². The number of nitrogens with one attached hydrogen (secondary N) is 2. The molecule has 1 aliphatic heterocycles. The van der Waals surface area contributed by atoms with E-state index >= 15 is 0 Å². The number of sulfonamides is 1. The molecule has 15 heavy (non-hydrogen) atoms. The zero-order chi connectivity index (χ0) is 11.1. The first-order chi connectivity index (χ1) is 7.03. The quantitative estimate of drug-likeness (QED) is 0.760. The van der Waals surface area contributed by atoms with Crippen LogP contribution in [0, 0.1) is 0 Å². The highest BCUT2D eigenvalue weighted by molar-refractivity contribution is 7.89. The first-order valence-electron chi connectivity index (χ1n) is 4.17. The van der Waals surface area contributed by atoms with Crippen molar-refractivity contribution >= 4 is 38.9 Å². The zero-order valence-corrected chi connectivity index (χ0v) is 9.83. The van der Waals surface area contributed by atoms with Crippen molar-refractivity contribution in [1.82, 2.24) is 4.72 Å². The first-order valence-corrected chi connectivity index (χ1v) is 6.57. The molecule has 1 aromatic rings. The summed E-state index contributed by atoms with van der Waals surface area (Å²) >= 11 is 11.4. The number of hydrogen-bond acceptors (Lipinski definition) is 3. The minimum Gasteiger partial charge on any atom is -0.367 e. The number of halogens is 2. The van der Waals surface area contributed by atoms with Crippen LogP contribution in [-0.2, 0) is 10.0 Å². The largest absolute Gasteiger partial charge is 0.367 e. The Bertz CT molecular complexity index is 489. The van der Waals surface area contributed by atoms with Gasteiger partial charge in [0.05, 0.1) is 11.6 Å². The Morgan fingerprint density at radius 2 is 2.13 bits per heavy atom. The molecule has 0 spiro atoms. The minimum absolute atomic E-state index is 0.144. The van der Waals surface area contributed by atoms with E-state index in [4.69, 9.17) is 23.2 Å². The van der Waals surface area contributed by atoms with Crippen LogP contribution in [0.4, 0.5) is 5.69 Å². The third-order valence-electron chi connectivity index (χ3n) is 2.01. The third kappa shape index (κ3) is 2.06. The highest BCUT2D eigenvalue weighted by Gasteiger charge is 2.28. The molecule has 2 rings (SSSR count). The first kappa shape index (κ1) is 11.0. The van der Waals surface area contributed by atoms with Crippen LogP contribution in [-0.4, -0.2) is 20.5 Å². The van der Waals surface area contributed by atoms with E-state index < -0.39 is 16.2 Å². The second-order valence-corrected chi connectivity index (χ2v) is 5.54. The van der Waals surface area contributed by atoms with E-state index in [1.165, 1.54) is 12.1 Å². The Kier molecular flexibility index (Phi) is 2.81. The molecular formula is C8H8Cl2N2O2S. The van der Waals surface area contributed by atoms with Gasteiger partial charge in [-0.05, 0) is 18.2 Å². The average Bonchev–Trinajstić information content (AvgIpc) is 2.15. The van der Waals surface area contributed by atoms with E-state index in [-0.39, 0.29) is 10.8 Å². The van der Waals surface area contributed by atoms with Crippen LogP contribution in [0.5, 0.6) is 0 Å². The topological polar surface area (TPSA) is 58.2 Å². The van der Waals surface area contributed by atoms with E-state index in [2.05, 4.69) is 10.0 Å². The Hall–Kier alpha value is -0.490. The molecule has 0 saturated carbocycles. The molecular weight excluding hydrogens is 259 g/mol. The van der Waals surface area contributed by atoms with Crippen molar-refractivity contribution in [3.63, 3.8) is 0 Å². The SMILES string of the molecule is O=S1(=O)N[C@H](CCl)Nc2cc(Cl)ccc21. The smallest absolute Gasteiger partial charge is 0.244 e. The summed E-state index contributed by atoms with van der Waals surface area (Å²) in [6.07, 6.45) is -0.498. The summed E-state index contributed by atoms with van der Waals surface area (Å²) in [7, 11) is -3.48. The van der Waals surface area contributed by atoms with E-state index in [9.17, 15) is 8.42 Å². The maximum Gasteiger partial charge on any atom is 0.244 e. The molecule has 2 N–H and O–H groups in total. The maximum absolute atomic E-state index is 11.7. The predicted octanol–water partition coefficient (Wildman–Crippen LogP) is 1.61. The molecule has 1 aromatic carbocycles. The molecule has 0 bridgehead atoms. The summed E-state index contributed by atoms with van der Waals surface area (Å²) in [5, 5.41) is 3.41. The van der Waals surface area contributed by atoms with Crippen molar-refractivity contribution < 1.29 is 8.42 Å². The standard InChI is InChI=1S/C8H8Cl2N2O2S/c9-4-8-11-6-3-5(10)1-2-7(6)15(13,14)12-8/h1-3,8,11-12H,4H2/t8-/m1/s1. The lowest BCUT2D eigenvalue weighted by Crippen LogP contribution is -2.45. The maximum atomic E-state index is 11.7. The summed E-state index contributed by atoms with van der Waals surface area (Å²) in [5.41, 5.74) is 0.479.